The zero-order valence-corrected chi connectivity index (χ0v) is 16.2. The Labute approximate surface area is 119 Å². The molecule has 2 nitrogen and oxygen atoms in total. The first-order valence-corrected chi connectivity index (χ1v) is 11.0. The highest BCUT2D eigenvalue weighted by Gasteiger charge is 2.56. The van der Waals surface area contributed by atoms with Gasteiger partial charge in [0, 0.05) is 5.04 Å². The lowest BCUT2D eigenvalue weighted by Crippen LogP contribution is -2.63. The van der Waals surface area contributed by atoms with Crippen molar-refractivity contribution in [2.24, 2.45) is 0 Å². The molecule has 0 saturated carbocycles. The van der Waals surface area contributed by atoms with Crippen LogP contribution < -0.4 is 5.15 Å². The van der Waals surface area contributed by atoms with Gasteiger partial charge < -0.3 is 0 Å². The number of halogens is 2. The van der Waals surface area contributed by atoms with E-state index in [2.05, 4.69) is 53.2 Å². The zero-order chi connectivity index (χ0) is 15.9. The summed E-state index contributed by atoms with van der Waals surface area (Å²) in [6, 6.07) is 0. The summed E-state index contributed by atoms with van der Waals surface area (Å²) in [4.78, 5) is 0. The highest BCUT2D eigenvalue weighted by atomic mass is 28.4. The predicted molar refractivity (Wildman–Crippen MR) is 83.0 cm³/mol. The third-order valence-corrected chi connectivity index (χ3v) is 13.1. The molecule has 0 aliphatic heterocycles. The fourth-order valence-electron chi connectivity index (χ4n) is 1.75. The van der Waals surface area contributed by atoms with Crippen LogP contribution in [0, 0.1) is 0 Å². The van der Waals surface area contributed by atoms with E-state index in [1.54, 1.807) is 0 Å². The Morgan fingerprint density at radius 1 is 0.737 bits per heavy atom. The fourth-order valence-corrected chi connectivity index (χ4v) is 6.25. The Morgan fingerprint density at radius 3 is 1.26 bits per heavy atom. The largest absolute Gasteiger partial charge is 0.599 e. The van der Waals surface area contributed by atoms with Crippen LogP contribution in [0.4, 0.5) is 8.22 Å². The third-order valence-electron chi connectivity index (χ3n) is 4.26. The fraction of sp³-hybridized carbons (Fsp3) is 1.00. The van der Waals surface area contributed by atoms with Gasteiger partial charge in [-0.05, 0) is 10.1 Å². The van der Waals surface area contributed by atoms with Gasteiger partial charge in [-0.15, -0.1) is 0 Å². The average Bonchev–Trinajstić information content (AvgIpc) is 2.08. The van der Waals surface area contributed by atoms with Crippen molar-refractivity contribution in [3.05, 3.63) is 0 Å². The molecule has 0 spiro atoms. The van der Waals surface area contributed by atoms with Crippen molar-refractivity contribution in [2.45, 2.75) is 84.0 Å². The number of hydrogen-bond acceptors (Lipinski definition) is 2. The second-order valence-corrected chi connectivity index (χ2v) is 16.8. The Hall–Kier alpha value is 0.214. The molecular formula is C13H31F2NOSi2. The molecule has 0 aliphatic carbocycles. The van der Waals surface area contributed by atoms with E-state index in [0.717, 1.165) is 0 Å². The summed E-state index contributed by atoms with van der Waals surface area (Å²) in [5.41, 5.74) is 0. The highest BCUT2D eigenvalue weighted by Crippen LogP contribution is 2.49. The summed E-state index contributed by atoms with van der Waals surface area (Å²) in [6.45, 7) is 19.3. The SMILES string of the molecule is CC(C)(C)[Si](F)(F)ON[Si](C)(C(C)(C)C)C(C)(C)C. The standard InChI is InChI=1S/C13H31F2NOSi2/c1-11(2,3)18(10,12(4,5)6)16-17-19(14,15)13(7,8)9/h16H,1-10H3. The van der Waals surface area contributed by atoms with Crippen LogP contribution >= 0.6 is 0 Å². The van der Waals surface area contributed by atoms with Gasteiger partial charge in [0.25, 0.3) is 0 Å². The van der Waals surface area contributed by atoms with Crippen molar-refractivity contribution in [3.8, 4) is 0 Å². The minimum absolute atomic E-state index is 0.0758. The van der Waals surface area contributed by atoms with Gasteiger partial charge >= 0.3 is 8.99 Å². The summed E-state index contributed by atoms with van der Waals surface area (Å²) < 4.78 is 33.3. The second-order valence-electron chi connectivity index (χ2n) is 8.60. The molecule has 116 valence electrons. The maximum atomic E-state index is 14.1. The van der Waals surface area contributed by atoms with Crippen LogP contribution in [-0.4, -0.2) is 17.2 Å². The zero-order valence-electron chi connectivity index (χ0n) is 14.2. The minimum Gasteiger partial charge on any atom is -0.289 e. The number of hydrogen-bond donors (Lipinski definition) is 1. The van der Waals surface area contributed by atoms with E-state index in [0.29, 0.717) is 0 Å². The van der Waals surface area contributed by atoms with Crippen molar-refractivity contribution in [1.29, 1.82) is 0 Å². The van der Waals surface area contributed by atoms with E-state index in [9.17, 15) is 8.22 Å². The predicted octanol–water partition coefficient (Wildman–Crippen LogP) is 5.36. The molecule has 0 unspecified atom stereocenters. The van der Waals surface area contributed by atoms with Gasteiger partial charge in [-0.1, -0.05) is 68.9 Å². The molecular weight excluding hydrogens is 280 g/mol. The molecule has 0 bridgehead atoms. The van der Waals surface area contributed by atoms with Crippen molar-refractivity contribution in [2.75, 3.05) is 0 Å². The maximum Gasteiger partial charge on any atom is 0.599 e. The number of rotatable bonds is 3. The van der Waals surface area contributed by atoms with E-state index < -0.39 is 22.3 Å². The van der Waals surface area contributed by atoms with E-state index >= 15 is 0 Å². The monoisotopic (exact) mass is 311 g/mol. The molecule has 0 aromatic carbocycles. The number of nitrogens with one attached hydrogen (secondary N) is 1. The van der Waals surface area contributed by atoms with Gasteiger partial charge in [0.05, 0.1) is 0 Å². The Kier molecular flexibility index (Phi) is 5.26. The summed E-state index contributed by atoms with van der Waals surface area (Å²) in [6.07, 6.45) is 0. The average molecular weight is 312 g/mol. The first-order chi connectivity index (χ1) is 7.96. The van der Waals surface area contributed by atoms with Crippen LogP contribution in [0.15, 0.2) is 0 Å². The molecule has 0 aromatic heterocycles. The summed E-state index contributed by atoms with van der Waals surface area (Å²) in [5.74, 6) is 0. The van der Waals surface area contributed by atoms with Crippen LogP contribution in [0.3, 0.4) is 0 Å². The molecule has 0 heterocycles. The van der Waals surface area contributed by atoms with Crippen LogP contribution in [0.1, 0.15) is 62.3 Å². The van der Waals surface area contributed by atoms with Gasteiger partial charge in [0.1, 0.15) is 0 Å². The van der Waals surface area contributed by atoms with Crippen LogP contribution in [0.25, 0.3) is 0 Å². The molecule has 19 heavy (non-hydrogen) atoms. The molecule has 0 rings (SSSR count). The Bertz CT molecular complexity index is 300. The van der Waals surface area contributed by atoms with Crippen molar-refractivity contribution < 1.29 is 12.7 Å². The lowest BCUT2D eigenvalue weighted by molar-refractivity contribution is 0.149. The molecule has 6 heteroatoms. The van der Waals surface area contributed by atoms with Gasteiger partial charge in [0.15, 0.2) is 8.24 Å². The molecule has 0 atom stereocenters. The second kappa shape index (κ2) is 5.20. The van der Waals surface area contributed by atoms with E-state index in [-0.39, 0.29) is 10.1 Å². The van der Waals surface area contributed by atoms with Crippen molar-refractivity contribution in [1.82, 2.24) is 5.15 Å². The minimum atomic E-state index is -4.75. The molecule has 1 N–H and O–H groups in total. The normalized spacial score (nSPS) is 15.8. The van der Waals surface area contributed by atoms with Gasteiger partial charge in [-0.3, -0.25) is 4.53 Å². The first-order valence-electron chi connectivity index (χ1n) is 6.79. The summed E-state index contributed by atoms with van der Waals surface area (Å²) in [7, 11) is -7.01. The smallest absolute Gasteiger partial charge is 0.289 e. The first kappa shape index (κ1) is 19.2. The van der Waals surface area contributed by atoms with E-state index in [4.69, 9.17) is 4.53 Å². The molecule has 0 saturated heterocycles. The van der Waals surface area contributed by atoms with E-state index in [1.165, 1.54) is 20.8 Å². The van der Waals surface area contributed by atoms with Gasteiger partial charge in [-0.25, -0.2) is 13.4 Å². The lowest BCUT2D eigenvalue weighted by Gasteiger charge is -2.49. The molecule has 0 aromatic rings. The quantitative estimate of drug-likeness (QED) is 0.430. The molecule has 0 fully saturated rings. The van der Waals surface area contributed by atoms with Gasteiger partial charge in [-0.2, -0.15) is 0 Å². The van der Waals surface area contributed by atoms with Crippen LogP contribution in [0.2, 0.25) is 21.7 Å². The Morgan fingerprint density at radius 2 is 1.05 bits per heavy atom. The van der Waals surface area contributed by atoms with Crippen molar-refractivity contribution >= 4 is 17.2 Å². The van der Waals surface area contributed by atoms with Crippen LogP contribution in [-0.2, 0) is 4.53 Å². The summed E-state index contributed by atoms with van der Waals surface area (Å²) in [5, 5.41) is 1.63. The van der Waals surface area contributed by atoms with E-state index in [1.807, 2.05) is 0 Å². The lowest BCUT2D eigenvalue weighted by atomic mass is 10.2. The Balaban J connectivity index is 5.22. The maximum absolute atomic E-state index is 14.1. The summed E-state index contributed by atoms with van der Waals surface area (Å²) >= 11 is 0. The van der Waals surface area contributed by atoms with Crippen molar-refractivity contribution in [3.63, 3.8) is 0 Å². The molecule has 0 aliphatic rings. The molecule has 0 amide bonds. The van der Waals surface area contributed by atoms with Crippen LogP contribution in [0.5, 0.6) is 0 Å². The third kappa shape index (κ3) is 4.09. The molecule has 0 radical (unpaired) electrons. The highest BCUT2D eigenvalue weighted by molar-refractivity contribution is 6.81. The topological polar surface area (TPSA) is 21.3 Å². The van der Waals surface area contributed by atoms with Gasteiger partial charge in [0.2, 0.25) is 0 Å².